The minimum absolute atomic E-state index is 0.369. The minimum atomic E-state index is 0.369. The molecule has 0 unspecified atom stereocenters. The summed E-state index contributed by atoms with van der Waals surface area (Å²) in [6, 6.07) is 6.66. The van der Waals surface area contributed by atoms with E-state index in [1.165, 1.54) is 35.3 Å². The number of fused-ring (bicyclic) bond motifs is 1. The predicted molar refractivity (Wildman–Crippen MR) is 69.1 cm³/mol. The molecule has 0 aromatic heterocycles. The van der Waals surface area contributed by atoms with Crippen molar-refractivity contribution in [3.05, 3.63) is 29.3 Å². The summed E-state index contributed by atoms with van der Waals surface area (Å²) < 4.78 is 0. The lowest BCUT2D eigenvalue weighted by Crippen LogP contribution is -1.99. The Morgan fingerprint density at radius 2 is 2.12 bits per heavy atom. The van der Waals surface area contributed by atoms with Crippen LogP contribution in [0.15, 0.2) is 23.1 Å². The summed E-state index contributed by atoms with van der Waals surface area (Å²) in [5.74, 6) is 1.00. The Balaban J connectivity index is 1.93. The number of thioether (sulfide) groups is 1. The fourth-order valence-electron chi connectivity index (χ4n) is 2.15. The molecule has 0 atom stereocenters. The molecule has 1 aliphatic carbocycles. The first kappa shape index (κ1) is 11.7. The van der Waals surface area contributed by atoms with Gasteiger partial charge >= 0.3 is 0 Å². The van der Waals surface area contributed by atoms with Crippen molar-refractivity contribution in [2.24, 2.45) is 0 Å². The van der Waals surface area contributed by atoms with Crippen LogP contribution in [0.3, 0.4) is 0 Å². The Bertz CT molecular complexity index is 384. The zero-order valence-corrected chi connectivity index (χ0v) is 10.6. The highest BCUT2D eigenvalue weighted by Gasteiger charge is 2.11. The van der Waals surface area contributed by atoms with E-state index in [2.05, 4.69) is 25.1 Å². The summed E-state index contributed by atoms with van der Waals surface area (Å²) in [6.07, 6.45) is 5.42. The van der Waals surface area contributed by atoms with Crippen molar-refractivity contribution in [1.29, 1.82) is 0 Å². The van der Waals surface area contributed by atoms with E-state index in [-0.39, 0.29) is 0 Å². The van der Waals surface area contributed by atoms with E-state index in [1.807, 2.05) is 0 Å². The lowest BCUT2D eigenvalue weighted by Gasteiger charge is -2.04. The fraction of sp³-hybridized carbons (Fsp3) is 0.500. The highest BCUT2D eigenvalue weighted by molar-refractivity contribution is 8.00. The van der Waals surface area contributed by atoms with Crippen molar-refractivity contribution in [2.75, 3.05) is 5.75 Å². The smallest absolute Gasteiger partial charge is 0.143 e. The van der Waals surface area contributed by atoms with Gasteiger partial charge in [0.1, 0.15) is 5.78 Å². The molecule has 1 aliphatic rings. The Morgan fingerprint density at radius 1 is 1.31 bits per heavy atom. The highest BCUT2D eigenvalue weighted by Crippen LogP contribution is 2.27. The number of hydrogen-bond acceptors (Lipinski definition) is 2. The Hall–Kier alpha value is -0.760. The van der Waals surface area contributed by atoms with Gasteiger partial charge in [-0.25, -0.2) is 0 Å². The molecule has 1 nitrogen and oxygen atoms in total. The summed E-state index contributed by atoms with van der Waals surface area (Å²) in [5, 5.41) is 0. The molecule has 0 saturated carbocycles. The summed E-state index contributed by atoms with van der Waals surface area (Å²) >= 11 is 1.68. The molecule has 2 rings (SSSR count). The van der Waals surface area contributed by atoms with Crippen LogP contribution >= 0.6 is 11.8 Å². The lowest BCUT2D eigenvalue weighted by atomic mass is 10.1. The third-order valence-corrected chi connectivity index (χ3v) is 4.05. The zero-order chi connectivity index (χ0) is 11.4. The van der Waals surface area contributed by atoms with Gasteiger partial charge in [0.2, 0.25) is 0 Å². The Morgan fingerprint density at radius 3 is 2.94 bits per heavy atom. The number of rotatable bonds is 5. The first-order valence-corrected chi connectivity index (χ1v) is 7.04. The molecule has 0 spiro atoms. The van der Waals surface area contributed by atoms with Crippen molar-refractivity contribution in [1.82, 2.24) is 0 Å². The topological polar surface area (TPSA) is 17.1 Å². The lowest BCUT2D eigenvalue weighted by molar-refractivity contribution is -0.116. The van der Waals surface area contributed by atoms with Gasteiger partial charge in [0.15, 0.2) is 0 Å². The van der Waals surface area contributed by atoms with Gasteiger partial charge < -0.3 is 0 Å². The second-order valence-corrected chi connectivity index (χ2v) is 5.41. The van der Waals surface area contributed by atoms with Gasteiger partial charge in [0, 0.05) is 11.3 Å². The van der Waals surface area contributed by atoms with E-state index in [9.17, 15) is 4.79 Å². The van der Waals surface area contributed by atoms with E-state index >= 15 is 0 Å². The summed E-state index contributed by atoms with van der Waals surface area (Å²) in [6.45, 7) is 2.05. The molecular formula is C14H18OS. The van der Waals surface area contributed by atoms with E-state index in [4.69, 9.17) is 0 Å². The molecule has 2 heteroatoms. The number of Topliss-reactive ketones (excluding diaryl/α,β-unsaturated/α-hetero) is 1. The molecule has 1 aromatic carbocycles. The van der Waals surface area contributed by atoms with Crippen LogP contribution in [0.5, 0.6) is 0 Å². The SMILES string of the molecule is CCCC(=O)CSc1ccc2c(c1)CCC2. The third-order valence-electron chi connectivity index (χ3n) is 3.00. The number of ketones is 1. The standard InChI is InChI=1S/C14H18OS/c1-2-4-13(15)10-16-14-8-7-11-5-3-6-12(11)9-14/h7-9H,2-6,10H2,1H3. The number of hydrogen-bond donors (Lipinski definition) is 0. The van der Waals surface area contributed by atoms with Crippen LogP contribution in [-0.2, 0) is 17.6 Å². The highest BCUT2D eigenvalue weighted by atomic mass is 32.2. The van der Waals surface area contributed by atoms with Gasteiger partial charge in [-0.1, -0.05) is 13.0 Å². The predicted octanol–water partition coefficient (Wildman–Crippen LogP) is 3.64. The number of carbonyl (C=O) groups is 1. The van der Waals surface area contributed by atoms with Crippen molar-refractivity contribution in [3.8, 4) is 0 Å². The Labute approximate surface area is 102 Å². The van der Waals surface area contributed by atoms with Gasteiger partial charge in [-0.2, -0.15) is 0 Å². The molecule has 0 aliphatic heterocycles. The van der Waals surface area contributed by atoms with Gasteiger partial charge in [0.05, 0.1) is 5.75 Å². The van der Waals surface area contributed by atoms with Crippen LogP contribution in [0, 0.1) is 0 Å². The van der Waals surface area contributed by atoms with Gasteiger partial charge in [-0.3, -0.25) is 4.79 Å². The van der Waals surface area contributed by atoms with Crippen molar-refractivity contribution in [2.45, 2.75) is 43.9 Å². The van der Waals surface area contributed by atoms with Gasteiger partial charge in [-0.05, 0) is 48.9 Å². The number of carbonyl (C=O) groups excluding carboxylic acids is 1. The average molecular weight is 234 g/mol. The molecule has 0 amide bonds. The normalized spacial score (nSPS) is 13.8. The molecular weight excluding hydrogens is 216 g/mol. The fourth-order valence-corrected chi connectivity index (χ4v) is 3.01. The molecule has 0 N–H and O–H groups in total. The minimum Gasteiger partial charge on any atom is -0.299 e. The molecule has 0 heterocycles. The third kappa shape index (κ3) is 2.88. The van der Waals surface area contributed by atoms with Gasteiger partial charge in [0.25, 0.3) is 0 Å². The molecule has 1 aromatic rings. The number of aryl methyl sites for hydroxylation is 2. The van der Waals surface area contributed by atoms with Crippen LogP contribution in [-0.4, -0.2) is 11.5 Å². The first-order valence-electron chi connectivity index (χ1n) is 6.06. The van der Waals surface area contributed by atoms with E-state index in [0.29, 0.717) is 11.5 Å². The van der Waals surface area contributed by atoms with Crippen LogP contribution < -0.4 is 0 Å². The summed E-state index contributed by atoms with van der Waals surface area (Å²) in [4.78, 5) is 12.7. The maximum Gasteiger partial charge on any atom is 0.143 e. The summed E-state index contributed by atoms with van der Waals surface area (Å²) in [5.41, 5.74) is 3.00. The van der Waals surface area contributed by atoms with Crippen LogP contribution in [0.2, 0.25) is 0 Å². The maximum absolute atomic E-state index is 11.4. The van der Waals surface area contributed by atoms with E-state index in [0.717, 1.165) is 12.8 Å². The summed E-state index contributed by atoms with van der Waals surface area (Å²) in [7, 11) is 0. The molecule has 0 fully saturated rings. The maximum atomic E-state index is 11.4. The zero-order valence-electron chi connectivity index (χ0n) is 9.79. The molecule has 0 radical (unpaired) electrons. The average Bonchev–Trinajstić information content (AvgIpc) is 2.74. The Kier molecular flexibility index (Phi) is 4.05. The van der Waals surface area contributed by atoms with Crippen LogP contribution in [0.25, 0.3) is 0 Å². The van der Waals surface area contributed by atoms with Crippen LogP contribution in [0.4, 0.5) is 0 Å². The second kappa shape index (κ2) is 5.53. The van der Waals surface area contributed by atoms with E-state index < -0.39 is 0 Å². The van der Waals surface area contributed by atoms with Crippen molar-refractivity contribution in [3.63, 3.8) is 0 Å². The van der Waals surface area contributed by atoms with E-state index in [1.54, 1.807) is 11.8 Å². The first-order chi connectivity index (χ1) is 7.79. The molecule has 0 bridgehead atoms. The largest absolute Gasteiger partial charge is 0.299 e. The molecule has 0 saturated heterocycles. The van der Waals surface area contributed by atoms with Crippen LogP contribution in [0.1, 0.15) is 37.3 Å². The molecule has 16 heavy (non-hydrogen) atoms. The van der Waals surface area contributed by atoms with Crippen molar-refractivity contribution >= 4 is 17.5 Å². The second-order valence-electron chi connectivity index (χ2n) is 4.36. The monoisotopic (exact) mass is 234 g/mol. The van der Waals surface area contributed by atoms with Crippen molar-refractivity contribution < 1.29 is 4.79 Å². The van der Waals surface area contributed by atoms with Gasteiger partial charge in [-0.15, -0.1) is 11.8 Å². The quantitative estimate of drug-likeness (QED) is 0.724. The molecule has 86 valence electrons. The number of benzene rings is 1.